The van der Waals surface area contributed by atoms with Crippen LogP contribution in [0.15, 0.2) is 0 Å². The van der Waals surface area contributed by atoms with Gasteiger partial charge in [0.2, 0.25) is 18.0 Å². The topological polar surface area (TPSA) is 176 Å². The van der Waals surface area contributed by atoms with Gasteiger partial charge in [-0.3, -0.25) is 9.59 Å². The van der Waals surface area contributed by atoms with E-state index in [0.717, 1.165) is 25.6 Å². The molecule has 1 aliphatic heterocycles. The molecule has 0 amide bonds. The molecular weight excluding hydrogens is 500 g/mol. The first kappa shape index (κ1) is 29.2. The maximum atomic E-state index is 12.9. The highest BCUT2D eigenvalue weighted by Crippen LogP contribution is 2.26. The minimum Gasteiger partial charge on any atom is -0.478 e. The van der Waals surface area contributed by atoms with E-state index in [-0.39, 0.29) is 24.6 Å². The first-order valence-electron chi connectivity index (χ1n) is 11.2. The summed E-state index contributed by atoms with van der Waals surface area (Å²) in [7, 11) is 0. The average molecular weight is 533 g/mol. The number of ether oxygens (including phenoxy) is 5. The quantitative estimate of drug-likeness (QED) is 0.272. The SMILES string of the molecule is CC(=O)O[C@@H](C(=O)O)[C@@H](OC(C)=O)C(=O)O[C@@H](CNC(C)(C)C)COc1nsnc1N1CCOCC1. The summed E-state index contributed by atoms with van der Waals surface area (Å²) < 4.78 is 34.6. The van der Waals surface area contributed by atoms with E-state index in [9.17, 15) is 24.3 Å². The average Bonchev–Trinajstić information content (AvgIpc) is 3.26. The zero-order valence-electron chi connectivity index (χ0n) is 20.8. The number of aromatic nitrogens is 2. The predicted molar refractivity (Wildman–Crippen MR) is 125 cm³/mol. The van der Waals surface area contributed by atoms with Crippen molar-refractivity contribution in [2.75, 3.05) is 44.4 Å². The van der Waals surface area contributed by atoms with Crippen LogP contribution in [0, 0.1) is 0 Å². The Morgan fingerprint density at radius 2 is 1.67 bits per heavy atom. The van der Waals surface area contributed by atoms with Crippen molar-refractivity contribution in [2.24, 2.45) is 0 Å². The van der Waals surface area contributed by atoms with Gasteiger partial charge in [0.05, 0.1) is 24.9 Å². The van der Waals surface area contributed by atoms with Crippen molar-refractivity contribution < 1.29 is 48.0 Å². The molecule has 0 unspecified atom stereocenters. The lowest BCUT2D eigenvalue weighted by Crippen LogP contribution is -2.49. The number of hydrogen-bond donors (Lipinski definition) is 2. The molecule has 14 nitrogen and oxygen atoms in total. The monoisotopic (exact) mass is 532 g/mol. The summed E-state index contributed by atoms with van der Waals surface area (Å²) in [5.74, 6) is -4.05. The van der Waals surface area contributed by atoms with Crippen LogP contribution in [-0.2, 0) is 38.1 Å². The summed E-state index contributed by atoms with van der Waals surface area (Å²) in [6.45, 7) is 9.89. The summed E-state index contributed by atoms with van der Waals surface area (Å²) in [6.07, 6.45) is -5.07. The van der Waals surface area contributed by atoms with Crippen molar-refractivity contribution >= 4 is 41.4 Å². The zero-order valence-corrected chi connectivity index (χ0v) is 21.7. The molecule has 36 heavy (non-hydrogen) atoms. The van der Waals surface area contributed by atoms with E-state index in [1.807, 2.05) is 25.7 Å². The maximum Gasteiger partial charge on any atom is 0.352 e. The highest BCUT2D eigenvalue weighted by Gasteiger charge is 2.41. The van der Waals surface area contributed by atoms with Crippen LogP contribution in [-0.4, -0.2) is 101 Å². The van der Waals surface area contributed by atoms with E-state index >= 15 is 0 Å². The summed E-state index contributed by atoms with van der Waals surface area (Å²) >= 11 is 0.965. The molecule has 1 fully saturated rings. The fourth-order valence-electron chi connectivity index (χ4n) is 3.03. The Labute approximate surface area is 212 Å². The van der Waals surface area contributed by atoms with Crippen LogP contribution < -0.4 is 15.0 Å². The Kier molecular flexibility index (Phi) is 10.8. The summed E-state index contributed by atoms with van der Waals surface area (Å²) in [6, 6.07) is 0. The van der Waals surface area contributed by atoms with Crippen LogP contribution in [0.25, 0.3) is 0 Å². The molecule has 1 aliphatic rings. The minimum absolute atomic E-state index is 0.109. The molecule has 0 spiro atoms. The Hall–Kier alpha value is -3.04. The number of aliphatic carboxylic acids is 1. The second-order valence-corrected chi connectivity index (χ2v) is 9.42. The third-order valence-corrected chi connectivity index (χ3v) is 5.14. The molecule has 0 radical (unpaired) electrons. The van der Waals surface area contributed by atoms with Crippen LogP contribution in [0.5, 0.6) is 5.88 Å². The summed E-state index contributed by atoms with van der Waals surface area (Å²) in [4.78, 5) is 49.5. The van der Waals surface area contributed by atoms with Crippen LogP contribution in [0.2, 0.25) is 0 Å². The predicted octanol–water partition coefficient (Wildman–Crippen LogP) is 0.00140. The molecule has 0 aromatic carbocycles. The second kappa shape index (κ2) is 13.3. The number of esters is 3. The van der Waals surface area contributed by atoms with E-state index in [4.69, 9.17) is 23.7 Å². The van der Waals surface area contributed by atoms with Crippen LogP contribution in [0.4, 0.5) is 5.82 Å². The number of nitrogens with one attached hydrogen (secondary N) is 1. The molecule has 2 rings (SSSR count). The van der Waals surface area contributed by atoms with Gasteiger partial charge in [0.15, 0.2) is 0 Å². The van der Waals surface area contributed by atoms with Gasteiger partial charge in [-0.15, -0.1) is 4.37 Å². The van der Waals surface area contributed by atoms with Crippen LogP contribution in [0.3, 0.4) is 0 Å². The van der Waals surface area contributed by atoms with Gasteiger partial charge in [-0.25, -0.2) is 9.59 Å². The number of hydrogen-bond acceptors (Lipinski definition) is 14. The first-order chi connectivity index (χ1) is 16.9. The van der Waals surface area contributed by atoms with Crippen molar-refractivity contribution in [3.05, 3.63) is 0 Å². The van der Waals surface area contributed by atoms with Gasteiger partial charge < -0.3 is 39.0 Å². The fraction of sp³-hybridized carbons (Fsp3) is 0.714. The van der Waals surface area contributed by atoms with Gasteiger partial charge in [-0.05, 0) is 20.8 Å². The van der Waals surface area contributed by atoms with Crippen molar-refractivity contribution in [3.63, 3.8) is 0 Å². The summed E-state index contributed by atoms with van der Waals surface area (Å²) in [5.41, 5.74) is -0.359. The lowest BCUT2D eigenvalue weighted by molar-refractivity contribution is -0.191. The Morgan fingerprint density at radius 3 is 2.22 bits per heavy atom. The largest absolute Gasteiger partial charge is 0.478 e. The number of carboxylic acids is 1. The van der Waals surface area contributed by atoms with Crippen molar-refractivity contribution in [1.29, 1.82) is 0 Å². The van der Waals surface area contributed by atoms with E-state index in [1.165, 1.54) is 0 Å². The van der Waals surface area contributed by atoms with Crippen molar-refractivity contribution in [3.8, 4) is 5.88 Å². The smallest absolute Gasteiger partial charge is 0.352 e. The minimum atomic E-state index is -2.09. The van der Waals surface area contributed by atoms with E-state index < -0.39 is 42.2 Å². The normalized spacial score (nSPS) is 16.4. The highest BCUT2D eigenvalue weighted by molar-refractivity contribution is 6.99. The Morgan fingerprint density at radius 1 is 1.06 bits per heavy atom. The number of carbonyl (C=O) groups excluding carboxylic acids is 3. The molecule has 202 valence electrons. The number of carboxylic acid groups (broad SMARTS) is 1. The lowest BCUT2D eigenvalue weighted by Gasteiger charge is -2.28. The van der Waals surface area contributed by atoms with Gasteiger partial charge in [0.1, 0.15) is 12.7 Å². The summed E-state index contributed by atoms with van der Waals surface area (Å²) in [5, 5.41) is 12.6. The second-order valence-electron chi connectivity index (χ2n) is 8.89. The van der Waals surface area contributed by atoms with E-state index in [1.54, 1.807) is 0 Å². The molecule has 1 aromatic heterocycles. The van der Waals surface area contributed by atoms with Crippen LogP contribution >= 0.6 is 11.7 Å². The molecule has 15 heteroatoms. The Balaban J connectivity index is 2.18. The molecule has 1 saturated heterocycles. The molecule has 2 N–H and O–H groups in total. The van der Waals surface area contributed by atoms with E-state index in [2.05, 4.69) is 14.1 Å². The molecule has 0 saturated carbocycles. The van der Waals surface area contributed by atoms with E-state index in [0.29, 0.717) is 32.1 Å². The maximum absolute atomic E-state index is 12.9. The zero-order chi connectivity index (χ0) is 26.9. The highest BCUT2D eigenvalue weighted by atomic mass is 32.1. The van der Waals surface area contributed by atoms with Gasteiger partial charge in [0, 0.05) is 39.0 Å². The number of carbonyl (C=O) groups is 4. The van der Waals surface area contributed by atoms with Gasteiger partial charge in [-0.1, -0.05) is 0 Å². The molecule has 3 atom stereocenters. The van der Waals surface area contributed by atoms with Crippen LogP contribution in [0.1, 0.15) is 34.6 Å². The fourth-order valence-corrected chi connectivity index (χ4v) is 3.55. The van der Waals surface area contributed by atoms with Crippen molar-refractivity contribution in [1.82, 2.24) is 14.1 Å². The van der Waals surface area contributed by atoms with Gasteiger partial charge in [0.25, 0.3) is 5.88 Å². The number of anilines is 1. The molecule has 0 bridgehead atoms. The lowest BCUT2D eigenvalue weighted by atomic mass is 10.1. The Bertz CT molecular complexity index is 913. The molecule has 2 heterocycles. The molecular formula is C21H32N4O10S. The van der Waals surface area contributed by atoms with Crippen molar-refractivity contribution in [2.45, 2.75) is 58.5 Å². The third kappa shape index (κ3) is 9.54. The van der Waals surface area contributed by atoms with Gasteiger partial charge in [-0.2, -0.15) is 4.37 Å². The standard InChI is InChI=1S/C21H32N4O10S/c1-12(26)33-15(19(28)29)16(34-13(2)27)20(30)35-14(10-22-21(3,4)5)11-32-18-17(23-36-24-18)25-6-8-31-9-7-25/h14-16,22H,6-11H2,1-5H3,(H,28,29)/t14-,15+,16+/m0/s1. The number of rotatable bonds is 12. The first-order valence-corrected chi connectivity index (χ1v) is 11.9. The third-order valence-electron chi connectivity index (χ3n) is 4.64. The molecule has 0 aliphatic carbocycles. The number of nitrogens with zero attached hydrogens (tertiary/aromatic N) is 3. The molecule has 1 aromatic rings. The van der Waals surface area contributed by atoms with Gasteiger partial charge >= 0.3 is 23.9 Å². The number of morpholine rings is 1.